The van der Waals surface area contributed by atoms with Crippen LogP contribution < -0.4 is 0 Å². The molecule has 0 radical (unpaired) electrons. The van der Waals surface area contributed by atoms with Crippen molar-refractivity contribution in [1.29, 1.82) is 0 Å². The van der Waals surface area contributed by atoms with Crippen molar-refractivity contribution in [1.82, 2.24) is 9.38 Å². The number of halogens is 2. The van der Waals surface area contributed by atoms with Crippen LogP contribution >= 0.6 is 27.5 Å². The highest BCUT2D eigenvalue weighted by atomic mass is 79.9. The van der Waals surface area contributed by atoms with E-state index in [9.17, 15) is 0 Å². The lowest BCUT2D eigenvalue weighted by molar-refractivity contribution is 1.11. The lowest BCUT2D eigenvalue weighted by Crippen LogP contribution is -1.87. The van der Waals surface area contributed by atoms with Crippen molar-refractivity contribution in [3.05, 3.63) is 33.6 Å². The molecule has 0 fully saturated rings. The normalized spacial score (nSPS) is 10.9. The van der Waals surface area contributed by atoms with Crippen molar-refractivity contribution in [2.45, 2.75) is 6.92 Å². The molecule has 0 amide bonds. The molecule has 0 unspecified atom stereocenters. The maximum absolute atomic E-state index is 6.01. The average Bonchev–Trinajstić information content (AvgIpc) is 2.41. The summed E-state index contributed by atoms with van der Waals surface area (Å²) < 4.78 is 2.83. The zero-order valence-electron chi connectivity index (χ0n) is 6.38. The van der Waals surface area contributed by atoms with E-state index in [-0.39, 0.29) is 0 Å². The maximum atomic E-state index is 6.01. The Balaban J connectivity index is 2.93. The first-order valence-electron chi connectivity index (χ1n) is 3.48. The minimum absolute atomic E-state index is 0.658. The molecular weight excluding hydrogens is 239 g/mol. The summed E-state index contributed by atoms with van der Waals surface area (Å²) in [6.45, 7) is 1.99. The van der Waals surface area contributed by atoms with Crippen LogP contribution in [0.2, 0.25) is 5.02 Å². The molecule has 0 saturated carbocycles. The van der Waals surface area contributed by atoms with E-state index in [2.05, 4.69) is 20.9 Å². The fourth-order valence-corrected chi connectivity index (χ4v) is 1.61. The first kappa shape index (κ1) is 8.08. The predicted molar refractivity (Wildman–Crippen MR) is 52.6 cm³/mol. The van der Waals surface area contributed by atoms with Crippen molar-refractivity contribution in [2.24, 2.45) is 0 Å². The molecule has 0 N–H and O–H groups in total. The van der Waals surface area contributed by atoms with Crippen LogP contribution in [-0.2, 0) is 0 Å². The highest BCUT2D eigenvalue weighted by Crippen LogP contribution is 2.26. The molecule has 0 bridgehead atoms. The molecule has 0 atom stereocenters. The van der Waals surface area contributed by atoms with Gasteiger partial charge in [0.2, 0.25) is 0 Å². The van der Waals surface area contributed by atoms with Gasteiger partial charge in [-0.05, 0) is 28.9 Å². The molecule has 2 aromatic rings. The van der Waals surface area contributed by atoms with Gasteiger partial charge in [0.15, 0.2) is 5.65 Å². The Bertz CT molecular complexity index is 436. The van der Waals surface area contributed by atoms with E-state index >= 15 is 0 Å². The molecule has 2 heterocycles. The molecule has 0 aliphatic carbocycles. The number of aryl methyl sites for hydroxylation is 1. The van der Waals surface area contributed by atoms with Crippen molar-refractivity contribution in [2.75, 3.05) is 0 Å². The third-order valence-electron chi connectivity index (χ3n) is 1.76. The van der Waals surface area contributed by atoms with Gasteiger partial charge in [0.1, 0.15) is 0 Å². The molecule has 0 saturated heterocycles. The van der Waals surface area contributed by atoms with Gasteiger partial charge in [0.05, 0.1) is 5.02 Å². The van der Waals surface area contributed by atoms with Crippen LogP contribution in [0.25, 0.3) is 5.65 Å². The lowest BCUT2D eigenvalue weighted by atomic mass is 10.4. The number of hydrogen-bond acceptors (Lipinski definition) is 1. The molecule has 0 aliphatic heterocycles. The van der Waals surface area contributed by atoms with Gasteiger partial charge in [-0.2, -0.15) is 0 Å². The summed E-state index contributed by atoms with van der Waals surface area (Å²) in [5, 5.41) is 0.658. The Morgan fingerprint density at radius 3 is 3.08 bits per heavy atom. The standard InChI is InChI=1S/C8H6BrClN2/c1-5-4-11-8-7(10)6(9)2-3-12(5)8/h2-4H,1H3. The van der Waals surface area contributed by atoms with Crippen molar-refractivity contribution < 1.29 is 0 Å². The van der Waals surface area contributed by atoms with Crippen LogP contribution in [-0.4, -0.2) is 9.38 Å². The monoisotopic (exact) mass is 244 g/mol. The average molecular weight is 246 g/mol. The number of rotatable bonds is 0. The summed E-state index contributed by atoms with van der Waals surface area (Å²) >= 11 is 9.35. The molecule has 2 nitrogen and oxygen atoms in total. The fraction of sp³-hybridized carbons (Fsp3) is 0.125. The van der Waals surface area contributed by atoms with Crippen LogP contribution in [0.4, 0.5) is 0 Å². The minimum atomic E-state index is 0.658. The van der Waals surface area contributed by atoms with Gasteiger partial charge in [-0.3, -0.25) is 0 Å². The highest BCUT2D eigenvalue weighted by Gasteiger charge is 2.05. The SMILES string of the molecule is Cc1cnc2c(Cl)c(Br)ccn12. The molecule has 0 aliphatic rings. The second kappa shape index (κ2) is 2.75. The number of fused-ring (bicyclic) bond motifs is 1. The van der Waals surface area contributed by atoms with Crippen LogP contribution in [0.15, 0.2) is 22.9 Å². The van der Waals surface area contributed by atoms with Crippen LogP contribution in [0.3, 0.4) is 0 Å². The van der Waals surface area contributed by atoms with E-state index in [1.54, 1.807) is 6.20 Å². The summed E-state index contributed by atoms with van der Waals surface area (Å²) in [6, 6.07) is 1.91. The van der Waals surface area contributed by atoms with Gasteiger partial charge >= 0.3 is 0 Å². The van der Waals surface area contributed by atoms with Crippen LogP contribution in [0.5, 0.6) is 0 Å². The second-order valence-electron chi connectivity index (χ2n) is 2.57. The van der Waals surface area contributed by atoms with Crippen molar-refractivity contribution >= 4 is 33.2 Å². The summed E-state index contributed by atoms with van der Waals surface area (Å²) in [5.74, 6) is 0. The van der Waals surface area contributed by atoms with E-state index in [0.717, 1.165) is 15.8 Å². The summed E-state index contributed by atoms with van der Waals surface area (Å²) in [6.07, 6.45) is 3.74. The number of nitrogens with zero attached hydrogens (tertiary/aromatic N) is 2. The number of pyridine rings is 1. The Hall–Kier alpha value is -0.540. The van der Waals surface area contributed by atoms with E-state index in [1.807, 2.05) is 23.6 Å². The molecule has 4 heteroatoms. The molecule has 62 valence electrons. The summed E-state index contributed by atoms with van der Waals surface area (Å²) in [7, 11) is 0. The lowest BCUT2D eigenvalue weighted by Gasteiger charge is -1.99. The molecule has 2 aromatic heterocycles. The largest absolute Gasteiger partial charge is 0.303 e. The quantitative estimate of drug-likeness (QED) is 0.697. The van der Waals surface area contributed by atoms with Gasteiger partial charge in [-0.15, -0.1) is 0 Å². The molecular formula is C8H6BrClN2. The Kier molecular flexibility index (Phi) is 1.85. The third-order valence-corrected chi connectivity index (χ3v) is 3.02. The maximum Gasteiger partial charge on any atom is 0.156 e. The minimum Gasteiger partial charge on any atom is -0.303 e. The Morgan fingerprint density at radius 1 is 1.58 bits per heavy atom. The third kappa shape index (κ3) is 1.04. The van der Waals surface area contributed by atoms with Gasteiger partial charge in [-0.25, -0.2) is 4.98 Å². The number of hydrogen-bond donors (Lipinski definition) is 0. The fourth-order valence-electron chi connectivity index (χ4n) is 1.12. The summed E-state index contributed by atoms with van der Waals surface area (Å²) in [5.41, 5.74) is 1.88. The number of aromatic nitrogens is 2. The first-order valence-corrected chi connectivity index (χ1v) is 4.65. The van der Waals surface area contributed by atoms with Gasteiger partial charge in [0.25, 0.3) is 0 Å². The highest BCUT2D eigenvalue weighted by molar-refractivity contribution is 9.10. The Labute approximate surface area is 83.3 Å². The van der Waals surface area contributed by atoms with Crippen LogP contribution in [0, 0.1) is 6.92 Å². The Morgan fingerprint density at radius 2 is 2.33 bits per heavy atom. The molecule has 12 heavy (non-hydrogen) atoms. The van der Waals surface area contributed by atoms with Gasteiger partial charge in [0, 0.05) is 22.6 Å². The van der Waals surface area contributed by atoms with Crippen LogP contribution in [0.1, 0.15) is 5.69 Å². The molecule has 2 rings (SSSR count). The van der Waals surface area contributed by atoms with E-state index in [4.69, 9.17) is 11.6 Å². The number of imidazole rings is 1. The zero-order valence-corrected chi connectivity index (χ0v) is 8.72. The topological polar surface area (TPSA) is 17.3 Å². The van der Waals surface area contributed by atoms with Gasteiger partial charge < -0.3 is 4.40 Å². The van der Waals surface area contributed by atoms with Crippen molar-refractivity contribution in [3.63, 3.8) is 0 Å². The smallest absolute Gasteiger partial charge is 0.156 e. The molecule has 0 aromatic carbocycles. The van der Waals surface area contributed by atoms with E-state index in [1.165, 1.54) is 0 Å². The van der Waals surface area contributed by atoms with E-state index < -0.39 is 0 Å². The second-order valence-corrected chi connectivity index (χ2v) is 3.80. The first-order chi connectivity index (χ1) is 5.70. The summed E-state index contributed by atoms with van der Waals surface area (Å²) in [4.78, 5) is 4.18. The predicted octanol–water partition coefficient (Wildman–Crippen LogP) is 3.06. The molecule has 0 spiro atoms. The zero-order chi connectivity index (χ0) is 8.72. The van der Waals surface area contributed by atoms with Gasteiger partial charge in [-0.1, -0.05) is 11.6 Å². The van der Waals surface area contributed by atoms with Crippen molar-refractivity contribution in [3.8, 4) is 0 Å². The van der Waals surface area contributed by atoms with E-state index in [0.29, 0.717) is 5.02 Å².